The standard InChI is InChI=1S/C18H23N3O4/c22-16(19-25)8-7-14-5-1-2-6-15(14)20-12-10-18(13-20)9-3-4-11-21(18)17(23)24/h1-2,5-8,25H,3-4,9-13H2,(H,19,22)(H,23,24)/b8-7+. The minimum Gasteiger partial charge on any atom is -0.465 e. The number of nitrogens with one attached hydrogen (secondary N) is 1. The number of hydroxylamine groups is 1. The molecule has 2 amide bonds. The van der Waals surface area contributed by atoms with E-state index < -0.39 is 12.0 Å². The lowest BCUT2D eigenvalue weighted by molar-refractivity contribution is -0.124. The van der Waals surface area contributed by atoms with Crippen molar-refractivity contribution >= 4 is 23.8 Å². The smallest absolute Gasteiger partial charge is 0.407 e. The highest BCUT2D eigenvalue weighted by atomic mass is 16.5. The molecular formula is C18H23N3O4. The number of hydrogen-bond donors (Lipinski definition) is 3. The summed E-state index contributed by atoms with van der Waals surface area (Å²) in [5.74, 6) is -0.586. The molecule has 3 rings (SSSR count). The molecule has 0 aromatic heterocycles. The topological polar surface area (TPSA) is 93.1 Å². The van der Waals surface area contributed by atoms with Gasteiger partial charge in [0.15, 0.2) is 0 Å². The van der Waals surface area contributed by atoms with Gasteiger partial charge in [-0.2, -0.15) is 0 Å². The van der Waals surface area contributed by atoms with Crippen LogP contribution in [0.3, 0.4) is 0 Å². The molecule has 3 N–H and O–H groups in total. The summed E-state index contributed by atoms with van der Waals surface area (Å²) in [7, 11) is 0. The summed E-state index contributed by atoms with van der Waals surface area (Å²) in [6, 6.07) is 7.69. The van der Waals surface area contributed by atoms with Crippen molar-refractivity contribution in [3.63, 3.8) is 0 Å². The predicted octanol–water partition coefficient (Wildman–Crippen LogP) is 2.32. The Morgan fingerprint density at radius 2 is 1.96 bits per heavy atom. The summed E-state index contributed by atoms with van der Waals surface area (Å²) in [5, 5.41) is 18.2. The zero-order chi connectivity index (χ0) is 17.9. The minimum atomic E-state index is -0.839. The highest BCUT2D eigenvalue weighted by Crippen LogP contribution is 2.39. The van der Waals surface area contributed by atoms with Crippen LogP contribution >= 0.6 is 0 Å². The molecule has 1 atom stereocenters. The van der Waals surface area contributed by atoms with Crippen molar-refractivity contribution < 1.29 is 19.9 Å². The number of benzene rings is 1. The van der Waals surface area contributed by atoms with Crippen molar-refractivity contribution in [1.82, 2.24) is 10.4 Å². The number of amides is 2. The third kappa shape index (κ3) is 3.46. The van der Waals surface area contributed by atoms with Gasteiger partial charge < -0.3 is 14.9 Å². The van der Waals surface area contributed by atoms with Crippen LogP contribution in [0.2, 0.25) is 0 Å². The van der Waals surface area contributed by atoms with Crippen LogP contribution in [0.5, 0.6) is 0 Å². The Morgan fingerprint density at radius 1 is 1.16 bits per heavy atom. The first kappa shape index (κ1) is 17.3. The average Bonchev–Trinajstić information content (AvgIpc) is 3.04. The molecule has 1 aromatic carbocycles. The Labute approximate surface area is 146 Å². The van der Waals surface area contributed by atoms with Crippen LogP contribution in [0.1, 0.15) is 31.2 Å². The lowest BCUT2D eigenvalue weighted by atomic mass is 9.86. The van der Waals surface area contributed by atoms with E-state index in [9.17, 15) is 14.7 Å². The molecule has 134 valence electrons. The van der Waals surface area contributed by atoms with Gasteiger partial charge in [-0.1, -0.05) is 18.2 Å². The summed E-state index contributed by atoms with van der Waals surface area (Å²) in [5.41, 5.74) is 3.09. The van der Waals surface area contributed by atoms with Gasteiger partial charge in [-0.05, 0) is 43.4 Å². The van der Waals surface area contributed by atoms with Crippen LogP contribution in [-0.4, -0.2) is 52.4 Å². The first-order chi connectivity index (χ1) is 12.1. The highest BCUT2D eigenvalue weighted by molar-refractivity contribution is 5.91. The maximum Gasteiger partial charge on any atom is 0.407 e. The molecule has 2 fully saturated rings. The Hall–Kier alpha value is -2.54. The summed E-state index contributed by atoms with van der Waals surface area (Å²) < 4.78 is 0. The van der Waals surface area contributed by atoms with E-state index in [4.69, 9.17) is 5.21 Å². The highest BCUT2D eigenvalue weighted by Gasteiger charge is 2.46. The van der Waals surface area contributed by atoms with E-state index in [1.165, 1.54) is 6.08 Å². The lowest BCUT2D eigenvalue weighted by Crippen LogP contribution is -2.55. The number of rotatable bonds is 3. The Morgan fingerprint density at radius 3 is 2.72 bits per heavy atom. The monoisotopic (exact) mass is 345 g/mol. The van der Waals surface area contributed by atoms with Crippen molar-refractivity contribution in [1.29, 1.82) is 0 Å². The van der Waals surface area contributed by atoms with Gasteiger partial charge in [-0.25, -0.2) is 10.3 Å². The summed E-state index contributed by atoms with van der Waals surface area (Å²) in [6.07, 6.45) is 5.76. The number of hydrogen-bond acceptors (Lipinski definition) is 4. The molecule has 2 heterocycles. The zero-order valence-corrected chi connectivity index (χ0v) is 14.0. The Balaban J connectivity index is 1.83. The van der Waals surface area contributed by atoms with Crippen LogP contribution in [0, 0.1) is 0 Å². The van der Waals surface area contributed by atoms with Crippen LogP contribution in [0.25, 0.3) is 6.08 Å². The second-order valence-corrected chi connectivity index (χ2v) is 6.66. The van der Waals surface area contributed by atoms with E-state index in [0.29, 0.717) is 13.1 Å². The maximum atomic E-state index is 11.7. The molecule has 1 unspecified atom stereocenters. The van der Waals surface area contributed by atoms with Crippen molar-refractivity contribution in [2.75, 3.05) is 24.5 Å². The minimum absolute atomic E-state index is 0.316. The van der Waals surface area contributed by atoms with Crippen LogP contribution in [0.15, 0.2) is 30.3 Å². The Kier molecular flexibility index (Phi) is 4.94. The number of para-hydroxylation sites is 1. The van der Waals surface area contributed by atoms with E-state index in [-0.39, 0.29) is 5.54 Å². The van der Waals surface area contributed by atoms with Gasteiger partial charge in [-0.3, -0.25) is 10.0 Å². The van der Waals surface area contributed by atoms with Crippen molar-refractivity contribution in [3.05, 3.63) is 35.9 Å². The molecule has 25 heavy (non-hydrogen) atoms. The second kappa shape index (κ2) is 7.14. The van der Waals surface area contributed by atoms with Gasteiger partial charge in [0.25, 0.3) is 5.91 Å². The van der Waals surface area contributed by atoms with Gasteiger partial charge in [0.05, 0.1) is 5.54 Å². The SMILES string of the molecule is O=C(/C=C/c1ccccc1N1CCC2(CCCCN2C(=O)O)C1)NO. The lowest BCUT2D eigenvalue weighted by Gasteiger charge is -2.43. The number of nitrogens with zero attached hydrogens (tertiary/aromatic N) is 2. The summed E-state index contributed by atoms with van der Waals surface area (Å²) in [6.45, 7) is 2.04. The Bertz CT molecular complexity index is 691. The predicted molar refractivity (Wildman–Crippen MR) is 93.5 cm³/mol. The molecular weight excluding hydrogens is 322 g/mol. The second-order valence-electron chi connectivity index (χ2n) is 6.66. The first-order valence-electron chi connectivity index (χ1n) is 8.52. The molecule has 2 aliphatic heterocycles. The van der Waals surface area contributed by atoms with Gasteiger partial charge in [0.2, 0.25) is 0 Å². The number of carbonyl (C=O) groups excluding carboxylic acids is 1. The van der Waals surface area contributed by atoms with Gasteiger partial charge in [0.1, 0.15) is 0 Å². The molecule has 1 aromatic rings. The molecule has 2 aliphatic rings. The average molecular weight is 345 g/mol. The van der Waals surface area contributed by atoms with Crippen molar-refractivity contribution in [3.8, 4) is 0 Å². The summed E-state index contributed by atoms with van der Waals surface area (Å²) >= 11 is 0. The van der Waals surface area contributed by atoms with Gasteiger partial charge >= 0.3 is 6.09 Å². The number of likely N-dealkylation sites (tertiary alicyclic amines) is 1. The number of carboxylic acid groups (broad SMARTS) is 1. The molecule has 1 spiro atoms. The third-order valence-electron chi connectivity index (χ3n) is 5.21. The van der Waals surface area contributed by atoms with E-state index in [2.05, 4.69) is 4.90 Å². The molecule has 0 radical (unpaired) electrons. The number of piperidine rings is 1. The maximum absolute atomic E-state index is 11.7. The van der Waals surface area contributed by atoms with Crippen LogP contribution in [0.4, 0.5) is 10.5 Å². The fourth-order valence-corrected chi connectivity index (χ4v) is 4.00. The van der Waals surface area contributed by atoms with E-state index in [1.54, 1.807) is 16.5 Å². The summed E-state index contributed by atoms with van der Waals surface area (Å²) in [4.78, 5) is 26.7. The molecule has 0 saturated carbocycles. The molecule has 0 aliphatic carbocycles. The molecule has 7 heteroatoms. The largest absolute Gasteiger partial charge is 0.465 e. The van der Waals surface area contributed by atoms with Crippen molar-refractivity contribution in [2.45, 2.75) is 31.2 Å². The molecule has 7 nitrogen and oxygen atoms in total. The van der Waals surface area contributed by atoms with Crippen molar-refractivity contribution in [2.24, 2.45) is 0 Å². The normalized spacial score (nSPS) is 23.4. The van der Waals surface area contributed by atoms with Gasteiger partial charge in [0, 0.05) is 31.4 Å². The van der Waals surface area contributed by atoms with E-state index >= 15 is 0 Å². The number of carbonyl (C=O) groups is 2. The van der Waals surface area contributed by atoms with E-state index in [1.807, 2.05) is 24.3 Å². The number of anilines is 1. The van der Waals surface area contributed by atoms with Gasteiger partial charge in [-0.15, -0.1) is 0 Å². The molecule has 2 saturated heterocycles. The first-order valence-corrected chi connectivity index (χ1v) is 8.52. The zero-order valence-electron chi connectivity index (χ0n) is 14.0. The van der Waals surface area contributed by atoms with Crippen LogP contribution in [-0.2, 0) is 4.79 Å². The fourth-order valence-electron chi connectivity index (χ4n) is 4.00. The third-order valence-corrected chi connectivity index (χ3v) is 5.21. The van der Waals surface area contributed by atoms with E-state index in [0.717, 1.165) is 43.5 Å². The molecule has 0 bridgehead atoms. The fraction of sp³-hybridized carbons (Fsp3) is 0.444. The quantitative estimate of drug-likeness (QED) is 0.444. The van der Waals surface area contributed by atoms with Crippen LogP contribution < -0.4 is 10.4 Å².